The lowest BCUT2D eigenvalue weighted by atomic mass is 10.2. The van der Waals surface area contributed by atoms with Crippen molar-refractivity contribution in [2.24, 2.45) is 0 Å². The molecule has 132 valence electrons. The summed E-state index contributed by atoms with van der Waals surface area (Å²) in [6.07, 6.45) is 5.78. The summed E-state index contributed by atoms with van der Waals surface area (Å²) in [4.78, 5) is 16.3. The first-order chi connectivity index (χ1) is 12.1. The van der Waals surface area contributed by atoms with Gasteiger partial charge in [0.15, 0.2) is 0 Å². The Hall–Kier alpha value is -2.34. The Morgan fingerprint density at radius 1 is 1.36 bits per heavy atom. The van der Waals surface area contributed by atoms with Gasteiger partial charge >= 0.3 is 0 Å². The number of nitrogens with one attached hydrogen (secondary N) is 1. The van der Waals surface area contributed by atoms with E-state index in [1.807, 2.05) is 37.3 Å². The number of hydrogen-bond donors (Lipinski definition) is 1. The number of amides is 1. The highest BCUT2D eigenvalue weighted by molar-refractivity contribution is 9.10. The summed E-state index contributed by atoms with van der Waals surface area (Å²) in [5.41, 5.74) is 1.66. The molecule has 0 aliphatic heterocycles. The molecule has 1 aromatic carbocycles. The SMILES string of the molecule is CCCOc1ncccc1CNC(=O)/C=C/c1cc(Br)ccc1OC. The number of ether oxygens (including phenoxy) is 2. The maximum absolute atomic E-state index is 12.1. The highest BCUT2D eigenvalue weighted by atomic mass is 79.9. The molecule has 0 atom stereocenters. The van der Waals surface area contributed by atoms with Gasteiger partial charge in [0.25, 0.3) is 0 Å². The van der Waals surface area contributed by atoms with Crippen molar-refractivity contribution in [3.63, 3.8) is 0 Å². The number of pyridine rings is 1. The second kappa shape index (κ2) is 9.84. The molecule has 2 aromatic rings. The summed E-state index contributed by atoms with van der Waals surface area (Å²) in [6, 6.07) is 9.33. The molecule has 1 amide bonds. The first kappa shape index (κ1) is 19.0. The van der Waals surface area contributed by atoms with E-state index in [9.17, 15) is 4.79 Å². The zero-order valence-corrected chi connectivity index (χ0v) is 15.9. The molecule has 1 N–H and O–H groups in total. The van der Waals surface area contributed by atoms with Crippen LogP contribution in [-0.4, -0.2) is 24.6 Å². The molecular formula is C19H21BrN2O3. The van der Waals surface area contributed by atoms with Crippen molar-refractivity contribution in [1.82, 2.24) is 10.3 Å². The van der Waals surface area contributed by atoms with Crippen LogP contribution in [0.2, 0.25) is 0 Å². The third-order valence-electron chi connectivity index (χ3n) is 3.35. The van der Waals surface area contributed by atoms with Crippen molar-refractivity contribution in [3.05, 3.63) is 58.2 Å². The molecule has 0 bridgehead atoms. The molecule has 0 fully saturated rings. The summed E-state index contributed by atoms with van der Waals surface area (Å²) in [7, 11) is 1.60. The van der Waals surface area contributed by atoms with Gasteiger partial charge in [-0.05, 0) is 36.8 Å². The minimum absolute atomic E-state index is 0.202. The van der Waals surface area contributed by atoms with E-state index in [2.05, 4.69) is 26.2 Å². The summed E-state index contributed by atoms with van der Waals surface area (Å²) < 4.78 is 11.8. The lowest BCUT2D eigenvalue weighted by molar-refractivity contribution is -0.116. The lowest BCUT2D eigenvalue weighted by Gasteiger charge is -2.09. The maximum Gasteiger partial charge on any atom is 0.244 e. The third-order valence-corrected chi connectivity index (χ3v) is 3.85. The van der Waals surface area contributed by atoms with E-state index < -0.39 is 0 Å². The van der Waals surface area contributed by atoms with E-state index in [4.69, 9.17) is 9.47 Å². The molecular weight excluding hydrogens is 384 g/mol. The van der Waals surface area contributed by atoms with Crippen LogP contribution in [0.4, 0.5) is 0 Å². The van der Waals surface area contributed by atoms with Crippen LogP contribution in [-0.2, 0) is 11.3 Å². The Kier molecular flexibility index (Phi) is 7.47. The normalized spacial score (nSPS) is 10.7. The second-order valence-electron chi connectivity index (χ2n) is 5.25. The van der Waals surface area contributed by atoms with Crippen molar-refractivity contribution < 1.29 is 14.3 Å². The Morgan fingerprint density at radius 2 is 2.20 bits per heavy atom. The first-order valence-corrected chi connectivity index (χ1v) is 8.79. The number of benzene rings is 1. The zero-order valence-electron chi connectivity index (χ0n) is 14.3. The van der Waals surface area contributed by atoms with Gasteiger partial charge in [0.1, 0.15) is 5.75 Å². The maximum atomic E-state index is 12.1. The van der Waals surface area contributed by atoms with Crippen LogP contribution in [0.3, 0.4) is 0 Å². The van der Waals surface area contributed by atoms with Gasteiger partial charge in [-0.1, -0.05) is 28.9 Å². The summed E-state index contributed by atoms with van der Waals surface area (Å²) in [5, 5.41) is 2.84. The fraction of sp³-hybridized carbons (Fsp3) is 0.263. The average molecular weight is 405 g/mol. The smallest absolute Gasteiger partial charge is 0.244 e. The standard InChI is InChI=1S/C19H21BrN2O3/c1-3-11-25-19-15(5-4-10-21-19)13-22-18(23)9-6-14-12-16(20)7-8-17(14)24-2/h4-10,12H,3,11,13H2,1-2H3,(H,22,23)/b9-6+. The van der Waals surface area contributed by atoms with Crippen LogP contribution >= 0.6 is 15.9 Å². The molecule has 0 radical (unpaired) electrons. The van der Waals surface area contributed by atoms with Gasteiger partial charge in [0.2, 0.25) is 11.8 Å². The number of carbonyl (C=O) groups excluding carboxylic acids is 1. The summed E-state index contributed by atoms with van der Waals surface area (Å²) in [6.45, 7) is 2.98. The van der Waals surface area contributed by atoms with E-state index in [1.54, 1.807) is 19.4 Å². The number of methoxy groups -OCH3 is 1. The molecule has 0 saturated carbocycles. The van der Waals surface area contributed by atoms with Gasteiger partial charge in [-0.3, -0.25) is 4.79 Å². The van der Waals surface area contributed by atoms with Gasteiger partial charge in [-0.2, -0.15) is 0 Å². The van der Waals surface area contributed by atoms with Gasteiger partial charge in [0.05, 0.1) is 13.7 Å². The molecule has 1 heterocycles. The number of nitrogens with zero attached hydrogens (tertiary/aromatic N) is 1. The molecule has 0 unspecified atom stereocenters. The quantitative estimate of drug-likeness (QED) is 0.676. The molecule has 0 aliphatic carbocycles. The molecule has 1 aromatic heterocycles. The minimum atomic E-state index is -0.202. The number of aromatic nitrogens is 1. The van der Waals surface area contributed by atoms with Crippen molar-refractivity contribution in [1.29, 1.82) is 0 Å². The highest BCUT2D eigenvalue weighted by Gasteiger charge is 2.06. The highest BCUT2D eigenvalue weighted by Crippen LogP contribution is 2.24. The number of carbonyl (C=O) groups is 1. The van der Waals surface area contributed by atoms with Crippen molar-refractivity contribution in [3.8, 4) is 11.6 Å². The summed E-state index contributed by atoms with van der Waals surface area (Å²) >= 11 is 3.41. The van der Waals surface area contributed by atoms with Gasteiger partial charge < -0.3 is 14.8 Å². The Labute approximate surface area is 156 Å². The molecule has 5 nitrogen and oxygen atoms in total. The Bertz CT molecular complexity index is 747. The van der Waals surface area contributed by atoms with Crippen LogP contribution in [0.25, 0.3) is 6.08 Å². The number of rotatable bonds is 8. The zero-order chi connectivity index (χ0) is 18.1. The minimum Gasteiger partial charge on any atom is -0.496 e. The van der Waals surface area contributed by atoms with Gasteiger partial charge in [0, 0.05) is 34.4 Å². The first-order valence-electron chi connectivity index (χ1n) is 8.00. The molecule has 0 aliphatic rings. The Morgan fingerprint density at radius 3 is 2.96 bits per heavy atom. The van der Waals surface area contributed by atoms with Crippen LogP contribution in [0, 0.1) is 0 Å². The lowest BCUT2D eigenvalue weighted by Crippen LogP contribution is -2.21. The topological polar surface area (TPSA) is 60.5 Å². The van der Waals surface area contributed by atoms with Crippen molar-refractivity contribution >= 4 is 27.9 Å². The summed E-state index contributed by atoms with van der Waals surface area (Å²) in [5.74, 6) is 1.06. The molecule has 0 spiro atoms. The van der Waals surface area contributed by atoms with E-state index in [0.717, 1.165) is 22.0 Å². The predicted octanol–water partition coefficient (Wildman–Crippen LogP) is 3.97. The van der Waals surface area contributed by atoms with Crippen LogP contribution in [0.15, 0.2) is 47.1 Å². The Balaban J connectivity index is 1.98. The third kappa shape index (κ3) is 5.90. The second-order valence-corrected chi connectivity index (χ2v) is 6.17. The van der Waals surface area contributed by atoms with Crippen LogP contribution in [0.1, 0.15) is 24.5 Å². The van der Waals surface area contributed by atoms with E-state index >= 15 is 0 Å². The molecule has 2 rings (SSSR count). The van der Waals surface area contributed by atoms with Gasteiger partial charge in [-0.15, -0.1) is 0 Å². The van der Waals surface area contributed by atoms with Crippen LogP contribution < -0.4 is 14.8 Å². The average Bonchev–Trinajstić information content (AvgIpc) is 2.63. The molecule has 25 heavy (non-hydrogen) atoms. The van der Waals surface area contributed by atoms with Crippen molar-refractivity contribution in [2.45, 2.75) is 19.9 Å². The van der Waals surface area contributed by atoms with E-state index in [0.29, 0.717) is 24.8 Å². The fourth-order valence-corrected chi connectivity index (χ4v) is 2.51. The van der Waals surface area contributed by atoms with E-state index in [-0.39, 0.29) is 5.91 Å². The van der Waals surface area contributed by atoms with Crippen LogP contribution in [0.5, 0.6) is 11.6 Å². The van der Waals surface area contributed by atoms with Gasteiger partial charge in [-0.25, -0.2) is 4.98 Å². The molecule has 0 saturated heterocycles. The number of halogens is 1. The van der Waals surface area contributed by atoms with E-state index in [1.165, 1.54) is 6.08 Å². The van der Waals surface area contributed by atoms with Crippen molar-refractivity contribution in [2.75, 3.05) is 13.7 Å². The molecule has 6 heteroatoms. The monoisotopic (exact) mass is 404 g/mol. The largest absolute Gasteiger partial charge is 0.496 e. The fourth-order valence-electron chi connectivity index (χ4n) is 2.13. The predicted molar refractivity (Wildman–Crippen MR) is 102 cm³/mol. The number of hydrogen-bond acceptors (Lipinski definition) is 4.